The number of carboxylic acid groups (broad SMARTS) is 1. The Bertz CT molecular complexity index is 1870. The highest BCUT2D eigenvalue weighted by Crippen LogP contribution is 2.22. The van der Waals surface area contributed by atoms with Crippen molar-refractivity contribution in [2.45, 2.75) is 141 Å². The molecule has 0 spiro atoms. The molecule has 1 aliphatic heterocycles. The molecule has 0 aliphatic carbocycles. The van der Waals surface area contributed by atoms with E-state index in [1.807, 2.05) is 39.0 Å². The number of nitrogens with one attached hydrogen (secondary N) is 5. The number of phenolic OH excluding ortho intramolecular Hbond substituents is 1. The summed E-state index contributed by atoms with van der Waals surface area (Å²) in [5.41, 5.74) is 12.8. The standard InChI is InChI=1S/C46H69BrN8O9/c1-5-29(4)40(44(61)53-37(46(63)64)25-28(2)3)54-42(59)36(26-30-18-20-32(56)21-19-30)52-43(60)38-17-12-24-55(38)45(62)35(16-9-11-23-49)51-41(58)34(15-8-10-22-48)50-39(57)27-31-13-6-7-14-33(31)47/h6-7,13-14,18-21,28-29,34-38,40,56H,5,8-12,15-17,22-27,48-49H2,1-4H3,(H,50,57)(H,51,58)(H,52,60)(H,53,61)(H,54,59)(H,63,64)/t29-,34-,35-,36-,37-,38-,40-/m0/s1. The van der Waals surface area contributed by atoms with Gasteiger partial charge in [-0.25, -0.2) is 4.79 Å². The Balaban J connectivity index is 1.87. The molecule has 2 aromatic rings. The van der Waals surface area contributed by atoms with Crippen LogP contribution in [0, 0.1) is 11.8 Å². The molecule has 0 bridgehead atoms. The van der Waals surface area contributed by atoms with E-state index >= 15 is 0 Å². The average Bonchev–Trinajstić information content (AvgIpc) is 3.75. The first-order chi connectivity index (χ1) is 30.5. The van der Waals surface area contributed by atoms with Crippen molar-refractivity contribution in [1.29, 1.82) is 0 Å². The topological polar surface area (TPSA) is 275 Å². The van der Waals surface area contributed by atoms with Crippen LogP contribution >= 0.6 is 15.9 Å². The van der Waals surface area contributed by atoms with Crippen molar-refractivity contribution in [1.82, 2.24) is 31.5 Å². The molecule has 17 nitrogen and oxygen atoms in total. The highest BCUT2D eigenvalue weighted by molar-refractivity contribution is 9.10. The fourth-order valence-corrected chi connectivity index (χ4v) is 8.03. The molecule has 3 rings (SSSR count). The first-order valence-corrected chi connectivity index (χ1v) is 23.2. The number of halogens is 1. The minimum atomic E-state index is -1.26. The van der Waals surface area contributed by atoms with Gasteiger partial charge in [0.2, 0.25) is 35.4 Å². The van der Waals surface area contributed by atoms with Crippen LogP contribution in [0.5, 0.6) is 5.75 Å². The van der Waals surface area contributed by atoms with E-state index in [1.54, 1.807) is 25.1 Å². The number of likely N-dealkylation sites (tertiary alicyclic amines) is 1. The van der Waals surface area contributed by atoms with Crippen molar-refractivity contribution in [3.05, 3.63) is 64.1 Å². The normalized spacial score (nSPS) is 16.4. The summed E-state index contributed by atoms with van der Waals surface area (Å²) in [5.74, 6) is -5.08. The third-order valence-electron chi connectivity index (χ3n) is 11.4. The Morgan fingerprint density at radius 2 is 1.38 bits per heavy atom. The zero-order valence-corrected chi connectivity index (χ0v) is 39.2. The van der Waals surface area contributed by atoms with E-state index in [-0.39, 0.29) is 62.6 Å². The minimum absolute atomic E-state index is 0.00501. The molecular formula is C46H69BrN8O9. The molecule has 0 saturated carbocycles. The van der Waals surface area contributed by atoms with Gasteiger partial charge < -0.3 is 53.2 Å². The number of rotatable bonds is 27. The molecule has 1 heterocycles. The molecule has 18 heteroatoms. The van der Waals surface area contributed by atoms with Crippen LogP contribution in [0.4, 0.5) is 0 Å². The monoisotopic (exact) mass is 956 g/mol. The molecule has 11 N–H and O–H groups in total. The zero-order valence-electron chi connectivity index (χ0n) is 37.6. The molecule has 0 aromatic heterocycles. The summed E-state index contributed by atoms with van der Waals surface area (Å²) in [6, 6.07) is 6.73. The largest absolute Gasteiger partial charge is 0.508 e. The number of carbonyl (C=O) groups excluding carboxylic acids is 6. The molecule has 64 heavy (non-hydrogen) atoms. The van der Waals surface area contributed by atoms with Gasteiger partial charge in [-0.2, -0.15) is 0 Å². The average molecular weight is 958 g/mol. The Morgan fingerprint density at radius 1 is 0.766 bits per heavy atom. The molecule has 0 radical (unpaired) electrons. The van der Waals surface area contributed by atoms with Gasteiger partial charge in [0.05, 0.1) is 6.42 Å². The van der Waals surface area contributed by atoms with Crippen LogP contribution in [0.1, 0.15) is 103 Å². The molecular weight excluding hydrogens is 888 g/mol. The number of unbranched alkanes of at least 4 members (excludes halogenated alkanes) is 2. The molecule has 6 amide bonds. The number of benzene rings is 2. The van der Waals surface area contributed by atoms with E-state index in [9.17, 15) is 43.8 Å². The summed E-state index contributed by atoms with van der Waals surface area (Å²) >= 11 is 3.46. The van der Waals surface area contributed by atoms with E-state index < -0.39 is 77.7 Å². The van der Waals surface area contributed by atoms with Gasteiger partial charge in [0.15, 0.2) is 0 Å². The van der Waals surface area contributed by atoms with Crippen molar-refractivity contribution in [3.8, 4) is 5.75 Å². The lowest BCUT2D eigenvalue weighted by molar-refractivity contribution is -0.143. The van der Waals surface area contributed by atoms with Gasteiger partial charge in [0.1, 0.15) is 42.0 Å². The summed E-state index contributed by atoms with van der Waals surface area (Å²) in [6.07, 6.45) is 4.08. The summed E-state index contributed by atoms with van der Waals surface area (Å²) in [5, 5.41) is 33.6. The Morgan fingerprint density at radius 3 is 1.97 bits per heavy atom. The number of hydrogen-bond donors (Lipinski definition) is 9. The fraction of sp³-hybridized carbons (Fsp3) is 0.587. The molecule has 7 atom stereocenters. The second-order valence-electron chi connectivity index (χ2n) is 17.0. The maximum absolute atomic E-state index is 14.4. The molecule has 0 unspecified atom stereocenters. The van der Waals surface area contributed by atoms with Gasteiger partial charge in [-0.15, -0.1) is 0 Å². The van der Waals surface area contributed by atoms with Crippen molar-refractivity contribution in [2.24, 2.45) is 23.3 Å². The summed E-state index contributed by atoms with van der Waals surface area (Å²) in [4.78, 5) is 97.1. The molecule has 1 fully saturated rings. The number of nitrogens with two attached hydrogens (primary N) is 2. The SMILES string of the molecule is CC[C@H](C)[C@H](NC(=O)[C@H](Cc1ccc(O)cc1)NC(=O)[C@@H]1CCCN1C(=O)[C@H](CCCCN)NC(=O)[C@H](CCCCN)NC(=O)Cc1ccccc1Br)C(=O)N[C@@H](CC(C)C)C(=O)O. The van der Waals surface area contributed by atoms with Crippen molar-refractivity contribution in [2.75, 3.05) is 19.6 Å². The third-order valence-corrected chi connectivity index (χ3v) is 12.2. The lowest BCUT2D eigenvalue weighted by Gasteiger charge is -2.31. The first kappa shape index (κ1) is 53.3. The zero-order chi connectivity index (χ0) is 47.3. The van der Waals surface area contributed by atoms with E-state index in [0.717, 1.165) is 10.0 Å². The second kappa shape index (κ2) is 27.3. The fourth-order valence-electron chi connectivity index (χ4n) is 7.60. The van der Waals surface area contributed by atoms with E-state index in [4.69, 9.17) is 11.5 Å². The minimum Gasteiger partial charge on any atom is -0.508 e. The maximum atomic E-state index is 14.4. The molecule has 1 saturated heterocycles. The number of carboxylic acids is 1. The highest BCUT2D eigenvalue weighted by atomic mass is 79.9. The lowest BCUT2D eigenvalue weighted by atomic mass is 9.96. The van der Waals surface area contributed by atoms with Gasteiger partial charge >= 0.3 is 5.97 Å². The van der Waals surface area contributed by atoms with Crippen molar-refractivity contribution < 1.29 is 43.8 Å². The van der Waals surface area contributed by atoms with Crippen LogP contribution in [0.15, 0.2) is 53.0 Å². The third kappa shape index (κ3) is 17.1. The van der Waals surface area contributed by atoms with E-state index in [2.05, 4.69) is 42.5 Å². The summed E-state index contributed by atoms with van der Waals surface area (Å²) in [6.45, 7) is 8.21. The number of hydrogen-bond acceptors (Lipinski definition) is 10. The van der Waals surface area contributed by atoms with Gasteiger partial charge in [-0.3, -0.25) is 28.8 Å². The molecule has 1 aliphatic rings. The van der Waals surface area contributed by atoms with Crippen molar-refractivity contribution in [3.63, 3.8) is 0 Å². The van der Waals surface area contributed by atoms with Crippen molar-refractivity contribution >= 4 is 57.3 Å². The maximum Gasteiger partial charge on any atom is 0.326 e. The number of aromatic hydroxyl groups is 1. The van der Waals surface area contributed by atoms with Crippen LogP contribution in [0.2, 0.25) is 0 Å². The van der Waals surface area contributed by atoms with Crippen LogP contribution in [0.25, 0.3) is 0 Å². The Kier molecular flexibility index (Phi) is 22.7. The predicted octanol–water partition coefficient (Wildman–Crippen LogP) is 2.79. The smallest absolute Gasteiger partial charge is 0.326 e. The van der Waals surface area contributed by atoms with Crippen LogP contribution in [0.3, 0.4) is 0 Å². The number of amides is 6. The van der Waals surface area contributed by atoms with Crippen LogP contribution in [-0.2, 0) is 46.4 Å². The van der Waals surface area contributed by atoms with E-state index in [0.29, 0.717) is 57.2 Å². The van der Waals surface area contributed by atoms with Crippen LogP contribution < -0.4 is 38.1 Å². The Hall–Kier alpha value is -5.07. The number of aliphatic carboxylic acids is 1. The lowest BCUT2D eigenvalue weighted by Crippen LogP contribution is -2.60. The summed E-state index contributed by atoms with van der Waals surface area (Å²) < 4.78 is 0.752. The molecule has 2 aromatic carbocycles. The quantitative estimate of drug-likeness (QED) is 0.0588. The van der Waals surface area contributed by atoms with Gasteiger partial charge in [-0.1, -0.05) is 80.4 Å². The highest BCUT2D eigenvalue weighted by Gasteiger charge is 2.40. The van der Waals surface area contributed by atoms with E-state index in [1.165, 1.54) is 17.0 Å². The molecule has 354 valence electrons. The van der Waals surface area contributed by atoms with Gasteiger partial charge in [0.25, 0.3) is 0 Å². The van der Waals surface area contributed by atoms with Gasteiger partial charge in [-0.05, 0) is 112 Å². The number of nitrogens with zero attached hydrogens (tertiary/aromatic N) is 1. The number of carbonyl (C=O) groups is 7. The summed E-state index contributed by atoms with van der Waals surface area (Å²) in [7, 11) is 0. The first-order valence-electron chi connectivity index (χ1n) is 22.4. The Labute approximate surface area is 385 Å². The number of phenols is 1. The second-order valence-corrected chi connectivity index (χ2v) is 17.9. The van der Waals surface area contributed by atoms with Crippen LogP contribution in [-0.4, -0.2) is 112 Å². The predicted molar refractivity (Wildman–Crippen MR) is 246 cm³/mol. The van der Waals surface area contributed by atoms with Gasteiger partial charge in [0, 0.05) is 17.4 Å².